The number of hydrogen-bond acceptors (Lipinski definition) is 7. The van der Waals surface area contributed by atoms with Crippen LogP contribution in [0.5, 0.6) is 0 Å². The van der Waals surface area contributed by atoms with Crippen molar-refractivity contribution in [2.75, 3.05) is 0 Å². The molecule has 2 aromatic carbocycles. The number of aryl methyl sites for hydroxylation is 1. The number of carbonyl (C=O) groups is 1. The van der Waals surface area contributed by atoms with E-state index in [1.807, 2.05) is 31.2 Å². The molecule has 0 amide bonds. The third-order valence-electron chi connectivity index (χ3n) is 4.33. The first kappa shape index (κ1) is 20.8. The maximum atomic E-state index is 12.7. The number of nitrogens with zero attached hydrogens (tertiary/aromatic N) is 4. The molecular formula is C21H14Cl2N4O4. The van der Waals surface area contributed by atoms with Gasteiger partial charge in [0.1, 0.15) is 5.02 Å². The Morgan fingerprint density at radius 2 is 1.87 bits per heavy atom. The summed E-state index contributed by atoms with van der Waals surface area (Å²) in [5.41, 5.74) is 1.51. The van der Waals surface area contributed by atoms with Crippen molar-refractivity contribution in [1.82, 2.24) is 19.9 Å². The molecule has 156 valence electrons. The summed E-state index contributed by atoms with van der Waals surface area (Å²) in [5.74, 6) is -0.179. The SMILES string of the molecule is Cc1ccc(-c2nc(COC(=O)c3ccccc3-n3ncc(Cl)c(Cl)c3=O)no2)cc1. The summed E-state index contributed by atoms with van der Waals surface area (Å²) in [7, 11) is 0. The van der Waals surface area contributed by atoms with Gasteiger partial charge in [-0.25, -0.2) is 4.79 Å². The highest BCUT2D eigenvalue weighted by atomic mass is 35.5. The van der Waals surface area contributed by atoms with Crippen LogP contribution in [0.15, 0.2) is 64.0 Å². The van der Waals surface area contributed by atoms with Crippen LogP contribution in [0.25, 0.3) is 17.1 Å². The quantitative estimate of drug-likeness (QED) is 0.413. The number of hydrogen-bond donors (Lipinski definition) is 0. The van der Waals surface area contributed by atoms with Crippen LogP contribution in [0, 0.1) is 6.92 Å². The average Bonchev–Trinajstić information content (AvgIpc) is 3.25. The lowest BCUT2D eigenvalue weighted by Crippen LogP contribution is -2.24. The molecular weight excluding hydrogens is 443 g/mol. The molecule has 0 aliphatic heterocycles. The van der Waals surface area contributed by atoms with Gasteiger partial charge in [0.2, 0.25) is 5.82 Å². The smallest absolute Gasteiger partial charge is 0.340 e. The Hall–Kier alpha value is -3.49. The van der Waals surface area contributed by atoms with E-state index in [-0.39, 0.29) is 33.7 Å². The minimum atomic E-state index is -0.697. The fourth-order valence-corrected chi connectivity index (χ4v) is 3.00. The molecule has 2 heterocycles. The van der Waals surface area contributed by atoms with Gasteiger partial charge in [-0.2, -0.15) is 14.8 Å². The van der Waals surface area contributed by atoms with Crippen LogP contribution in [0.3, 0.4) is 0 Å². The second-order valence-electron chi connectivity index (χ2n) is 6.50. The molecule has 0 unspecified atom stereocenters. The van der Waals surface area contributed by atoms with Gasteiger partial charge in [0.25, 0.3) is 11.4 Å². The molecule has 0 saturated heterocycles. The number of para-hydroxylation sites is 1. The molecule has 0 fully saturated rings. The summed E-state index contributed by atoms with van der Waals surface area (Å²) in [6.45, 7) is 1.76. The van der Waals surface area contributed by atoms with Gasteiger partial charge in [-0.3, -0.25) is 4.79 Å². The van der Waals surface area contributed by atoms with Gasteiger partial charge in [0.15, 0.2) is 6.61 Å². The monoisotopic (exact) mass is 456 g/mol. The number of ether oxygens (including phenoxy) is 1. The van der Waals surface area contributed by atoms with Crippen LogP contribution in [-0.2, 0) is 11.3 Å². The van der Waals surface area contributed by atoms with E-state index >= 15 is 0 Å². The predicted octanol–water partition coefficient (Wildman–Crippen LogP) is 4.25. The van der Waals surface area contributed by atoms with E-state index in [4.69, 9.17) is 32.5 Å². The molecule has 31 heavy (non-hydrogen) atoms. The molecule has 0 saturated carbocycles. The molecule has 4 aromatic rings. The second kappa shape index (κ2) is 8.71. The van der Waals surface area contributed by atoms with E-state index in [1.54, 1.807) is 18.2 Å². The lowest BCUT2D eigenvalue weighted by molar-refractivity contribution is 0.0459. The lowest BCUT2D eigenvalue weighted by Gasteiger charge is -2.10. The Morgan fingerprint density at radius 3 is 2.65 bits per heavy atom. The van der Waals surface area contributed by atoms with Gasteiger partial charge in [0.05, 0.1) is 22.5 Å². The Kier molecular flexibility index (Phi) is 5.83. The highest BCUT2D eigenvalue weighted by molar-refractivity contribution is 6.41. The first-order valence-electron chi connectivity index (χ1n) is 9.03. The topological polar surface area (TPSA) is 100 Å². The number of halogens is 2. The fourth-order valence-electron chi connectivity index (χ4n) is 2.75. The number of rotatable bonds is 5. The Morgan fingerprint density at radius 1 is 1.13 bits per heavy atom. The van der Waals surface area contributed by atoms with E-state index in [2.05, 4.69) is 15.2 Å². The van der Waals surface area contributed by atoms with Gasteiger partial charge >= 0.3 is 5.97 Å². The second-order valence-corrected chi connectivity index (χ2v) is 7.28. The minimum Gasteiger partial charge on any atom is -0.454 e. The van der Waals surface area contributed by atoms with Crippen molar-refractivity contribution >= 4 is 29.2 Å². The Labute approximate surface area is 186 Å². The van der Waals surface area contributed by atoms with Crippen molar-refractivity contribution in [1.29, 1.82) is 0 Å². The summed E-state index contributed by atoms with van der Waals surface area (Å²) in [4.78, 5) is 29.3. The van der Waals surface area contributed by atoms with Crippen molar-refractivity contribution in [2.45, 2.75) is 13.5 Å². The molecule has 4 rings (SSSR count). The van der Waals surface area contributed by atoms with Crippen molar-refractivity contribution in [3.05, 3.63) is 92.1 Å². The molecule has 0 bridgehead atoms. The fraction of sp³-hybridized carbons (Fsp3) is 0.0952. The van der Waals surface area contributed by atoms with Gasteiger partial charge in [0, 0.05) is 5.56 Å². The van der Waals surface area contributed by atoms with Crippen molar-refractivity contribution < 1.29 is 14.1 Å². The Bertz CT molecular complexity index is 1320. The van der Waals surface area contributed by atoms with E-state index in [9.17, 15) is 9.59 Å². The molecule has 10 heteroatoms. The predicted molar refractivity (Wildman–Crippen MR) is 113 cm³/mol. The summed E-state index contributed by atoms with van der Waals surface area (Å²) in [5, 5.41) is 7.61. The number of benzene rings is 2. The van der Waals surface area contributed by atoms with Crippen LogP contribution < -0.4 is 5.56 Å². The maximum Gasteiger partial charge on any atom is 0.340 e. The van der Waals surface area contributed by atoms with E-state index in [0.29, 0.717) is 5.89 Å². The molecule has 0 aliphatic carbocycles. The zero-order valence-corrected chi connectivity index (χ0v) is 17.6. The van der Waals surface area contributed by atoms with Crippen LogP contribution in [-0.4, -0.2) is 25.9 Å². The van der Waals surface area contributed by atoms with Crippen LogP contribution in [0.1, 0.15) is 21.7 Å². The molecule has 0 atom stereocenters. The largest absolute Gasteiger partial charge is 0.454 e. The average molecular weight is 457 g/mol. The van der Waals surface area contributed by atoms with Gasteiger partial charge in [-0.1, -0.05) is 58.2 Å². The first-order chi connectivity index (χ1) is 14.9. The molecule has 8 nitrogen and oxygen atoms in total. The van der Waals surface area contributed by atoms with E-state index < -0.39 is 11.5 Å². The normalized spacial score (nSPS) is 10.8. The van der Waals surface area contributed by atoms with Crippen LogP contribution in [0.4, 0.5) is 0 Å². The van der Waals surface area contributed by atoms with Gasteiger partial charge in [-0.05, 0) is 31.2 Å². The number of aromatic nitrogens is 4. The molecule has 0 spiro atoms. The molecule has 2 aromatic heterocycles. The molecule has 0 aliphatic rings. The highest BCUT2D eigenvalue weighted by Crippen LogP contribution is 2.20. The van der Waals surface area contributed by atoms with Gasteiger partial charge < -0.3 is 9.26 Å². The standard InChI is InChI=1S/C21H14Cl2N4O4/c1-12-6-8-13(9-7-12)19-25-17(26-31-19)11-30-21(29)14-4-2-3-5-16(14)27-20(28)18(23)15(22)10-24-27/h2-10H,11H2,1H3. The summed E-state index contributed by atoms with van der Waals surface area (Å²) in [6.07, 6.45) is 1.22. The minimum absolute atomic E-state index is 0.0180. The molecule has 0 N–H and O–H groups in total. The maximum absolute atomic E-state index is 12.7. The van der Waals surface area contributed by atoms with Crippen molar-refractivity contribution in [3.63, 3.8) is 0 Å². The Balaban J connectivity index is 1.54. The van der Waals surface area contributed by atoms with Gasteiger partial charge in [-0.15, -0.1) is 0 Å². The summed E-state index contributed by atoms with van der Waals surface area (Å²) < 4.78 is 11.5. The first-order valence-corrected chi connectivity index (χ1v) is 9.79. The zero-order chi connectivity index (χ0) is 22.0. The van der Waals surface area contributed by atoms with E-state index in [0.717, 1.165) is 15.8 Å². The lowest BCUT2D eigenvalue weighted by atomic mass is 10.1. The van der Waals surface area contributed by atoms with Crippen LogP contribution in [0.2, 0.25) is 10.0 Å². The third kappa shape index (κ3) is 4.35. The third-order valence-corrected chi connectivity index (χ3v) is 5.08. The van der Waals surface area contributed by atoms with E-state index in [1.165, 1.54) is 12.3 Å². The van der Waals surface area contributed by atoms with Crippen molar-refractivity contribution in [3.8, 4) is 17.1 Å². The number of esters is 1. The number of carbonyl (C=O) groups excluding carboxylic acids is 1. The summed E-state index contributed by atoms with van der Waals surface area (Å²) in [6, 6.07) is 13.9. The van der Waals surface area contributed by atoms with Crippen LogP contribution >= 0.6 is 23.2 Å². The molecule has 0 radical (unpaired) electrons. The summed E-state index contributed by atoms with van der Waals surface area (Å²) >= 11 is 11.7. The zero-order valence-electron chi connectivity index (χ0n) is 16.1. The highest BCUT2D eigenvalue weighted by Gasteiger charge is 2.19. The van der Waals surface area contributed by atoms with Crippen molar-refractivity contribution in [2.24, 2.45) is 0 Å².